The lowest BCUT2D eigenvalue weighted by molar-refractivity contribution is -0.165. The summed E-state index contributed by atoms with van der Waals surface area (Å²) in [6, 6.07) is 0. The molecule has 0 aliphatic rings. The summed E-state index contributed by atoms with van der Waals surface area (Å²) in [7, 11) is 0. The van der Waals surface area contributed by atoms with Crippen LogP contribution in [0.3, 0.4) is 0 Å². The van der Waals surface area contributed by atoms with Crippen molar-refractivity contribution in [2.75, 3.05) is 0 Å². The van der Waals surface area contributed by atoms with Gasteiger partial charge in [-0.1, -0.05) is 13.3 Å². The first-order valence-corrected chi connectivity index (χ1v) is 3.79. The number of halogens is 3. The lowest BCUT2D eigenvalue weighted by Crippen LogP contribution is -2.30. The SMILES string of the molecule is CCCC(O)C(O)CC(F)(F)F. The summed E-state index contributed by atoms with van der Waals surface area (Å²) in [5, 5.41) is 17.7. The third-order valence-electron chi connectivity index (χ3n) is 1.47. The summed E-state index contributed by atoms with van der Waals surface area (Å²) in [5.41, 5.74) is 0. The minimum absolute atomic E-state index is 0.192. The maximum atomic E-state index is 11.6. The number of rotatable bonds is 4. The summed E-state index contributed by atoms with van der Waals surface area (Å²) in [5.74, 6) is 0. The predicted molar refractivity (Wildman–Crippen MR) is 37.6 cm³/mol. The van der Waals surface area contributed by atoms with Gasteiger partial charge in [-0.3, -0.25) is 0 Å². The second-order valence-electron chi connectivity index (χ2n) is 2.74. The Morgan fingerprint density at radius 3 is 2.00 bits per heavy atom. The van der Waals surface area contributed by atoms with Gasteiger partial charge in [0.2, 0.25) is 0 Å². The third-order valence-corrected chi connectivity index (χ3v) is 1.47. The molecule has 0 bridgehead atoms. The van der Waals surface area contributed by atoms with E-state index in [1.165, 1.54) is 0 Å². The lowest BCUT2D eigenvalue weighted by Gasteiger charge is -2.18. The maximum absolute atomic E-state index is 11.6. The van der Waals surface area contributed by atoms with E-state index in [9.17, 15) is 13.2 Å². The Kier molecular flexibility index (Phi) is 4.55. The highest BCUT2D eigenvalue weighted by Crippen LogP contribution is 2.23. The molecule has 0 fully saturated rings. The molecule has 2 unspecified atom stereocenters. The van der Waals surface area contributed by atoms with E-state index in [4.69, 9.17) is 10.2 Å². The van der Waals surface area contributed by atoms with Crippen LogP contribution < -0.4 is 0 Å². The van der Waals surface area contributed by atoms with Crippen LogP contribution in [0, 0.1) is 0 Å². The van der Waals surface area contributed by atoms with Crippen molar-refractivity contribution in [3.8, 4) is 0 Å². The summed E-state index contributed by atoms with van der Waals surface area (Å²) in [6.07, 6.45) is -7.96. The van der Waals surface area contributed by atoms with Crippen molar-refractivity contribution < 1.29 is 23.4 Å². The molecule has 0 aromatic heterocycles. The third kappa shape index (κ3) is 5.37. The highest BCUT2D eigenvalue weighted by atomic mass is 19.4. The molecule has 0 heterocycles. The van der Waals surface area contributed by atoms with Crippen LogP contribution in [-0.4, -0.2) is 28.6 Å². The molecule has 5 heteroatoms. The van der Waals surface area contributed by atoms with Crippen LogP contribution in [0.25, 0.3) is 0 Å². The molecule has 0 aliphatic carbocycles. The van der Waals surface area contributed by atoms with Crippen molar-refractivity contribution in [1.82, 2.24) is 0 Å². The monoisotopic (exact) mass is 186 g/mol. The van der Waals surface area contributed by atoms with E-state index in [0.29, 0.717) is 6.42 Å². The standard InChI is InChI=1S/C7H13F3O2/c1-2-3-5(11)6(12)4-7(8,9)10/h5-6,11-12H,2-4H2,1H3. The summed E-state index contributed by atoms with van der Waals surface area (Å²) >= 11 is 0. The normalized spacial score (nSPS) is 17.5. The molecule has 2 nitrogen and oxygen atoms in total. The van der Waals surface area contributed by atoms with Gasteiger partial charge >= 0.3 is 6.18 Å². The van der Waals surface area contributed by atoms with Crippen molar-refractivity contribution in [3.05, 3.63) is 0 Å². The average Bonchev–Trinajstić information content (AvgIpc) is 1.84. The molecular formula is C7H13F3O2. The molecule has 12 heavy (non-hydrogen) atoms. The van der Waals surface area contributed by atoms with E-state index in [1.807, 2.05) is 0 Å². The average molecular weight is 186 g/mol. The van der Waals surface area contributed by atoms with Gasteiger partial charge in [-0.05, 0) is 6.42 Å². The van der Waals surface area contributed by atoms with Crippen molar-refractivity contribution in [3.63, 3.8) is 0 Å². The second-order valence-corrected chi connectivity index (χ2v) is 2.74. The van der Waals surface area contributed by atoms with Crippen molar-refractivity contribution >= 4 is 0 Å². The Balaban J connectivity index is 3.78. The minimum atomic E-state index is -4.41. The molecule has 2 N–H and O–H groups in total. The quantitative estimate of drug-likeness (QED) is 0.697. The summed E-state index contributed by atoms with van der Waals surface area (Å²) in [4.78, 5) is 0. The Bertz CT molecular complexity index is 124. The van der Waals surface area contributed by atoms with E-state index >= 15 is 0 Å². The van der Waals surface area contributed by atoms with Gasteiger partial charge in [0.05, 0.1) is 18.6 Å². The van der Waals surface area contributed by atoms with Gasteiger partial charge in [-0.25, -0.2) is 0 Å². The molecule has 0 saturated carbocycles. The first-order chi connectivity index (χ1) is 5.37. The molecule has 0 amide bonds. The van der Waals surface area contributed by atoms with Crippen LogP contribution in [0.4, 0.5) is 13.2 Å². The summed E-state index contributed by atoms with van der Waals surface area (Å²) < 4.78 is 34.9. The van der Waals surface area contributed by atoms with Crippen LogP contribution in [0.5, 0.6) is 0 Å². The van der Waals surface area contributed by atoms with Crippen LogP contribution in [0.15, 0.2) is 0 Å². The smallest absolute Gasteiger partial charge is 0.390 e. The maximum Gasteiger partial charge on any atom is 0.391 e. The van der Waals surface area contributed by atoms with E-state index in [-0.39, 0.29) is 6.42 Å². The number of hydrogen-bond acceptors (Lipinski definition) is 2. The number of aliphatic hydroxyl groups is 2. The number of hydrogen-bond donors (Lipinski definition) is 2. The molecule has 0 aliphatic heterocycles. The van der Waals surface area contributed by atoms with Crippen LogP contribution >= 0.6 is 0 Å². The van der Waals surface area contributed by atoms with E-state index in [2.05, 4.69) is 0 Å². The zero-order valence-electron chi connectivity index (χ0n) is 6.80. The molecule has 0 aromatic rings. The topological polar surface area (TPSA) is 40.5 Å². The van der Waals surface area contributed by atoms with E-state index in [0.717, 1.165) is 0 Å². The Morgan fingerprint density at radius 1 is 1.17 bits per heavy atom. The first kappa shape index (κ1) is 11.7. The first-order valence-electron chi connectivity index (χ1n) is 3.79. The second kappa shape index (κ2) is 4.67. The Morgan fingerprint density at radius 2 is 1.67 bits per heavy atom. The van der Waals surface area contributed by atoms with Gasteiger partial charge in [-0.15, -0.1) is 0 Å². The fourth-order valence-electron chi connectivity index (χ4n) is 0.861. The van der Waals surface area contributed by atoms with Gasteiger partial charge in [0.25, 0.3) is 0 Å². The van der Waals surface area contributed by atoms with Gasteiger partial charge in [-0.2, -0.15) is 13.2 Å². The molecule has 2 atom stereocenters. The molecule has 0 aromatic carbocycles. The van der Waals surface area contributed by atoms with Crippen LogP contribution in [0.2, 0.25) is 0 Å². The molecule has 0 rings (SSSR count). The molecular weight excluding hydrogens is 173 g/mol. The van der Waals surface area contributed by atoms with Crippen LogP contribution in [0.1, 0.15) is 26.2 Å². The highest BCUT2D eigenvalue weighted by Gasteiger charge is 2.33. The lowest BCUT2D eigenvalue weighted by atomic mass is 10.1. The molecule has 0 radical (unpaired) electrons. The van der Waals surface area contributed by atoms with Crippen molar-refractivity contribution in [2.24, 2.45) is 0 Å². The predicted octanol–water partition coefficient (Wildman–Crippen LogP) is 1.46. The number of alkyl halides is 3. The number of aliphatic hydroxyl groups excluding tert-OH is 2. The fraction of sp³-hybridized carbons (Fsp3) is 1.00. The van der Waals surface area contributed by atoms with Gasteiger partial charge < -0.3 is 10.2 Å². The van der Waals surface area contributed by atoms with Gasteiger partial charge in [0.15, 0.2) is 0 Å². The Hall–Kier alpha value is -0.290. The minimum Gasteiger partial charge on any atom is -0.390 e. The fourth-order valence-corrected chi connectivity index (χ4v) is 0.861. The highest BCUT2D eigenvalue weighted by molar-refractivity contribution is 4.69. The van der Waals surface area contributed by atoms with E-state index in [1.54, 1.807) is 6.92 Å². The molecule has 74 valence electrons. The summed E-state index contributed by atoms with van der Waals surface area (Å²) in [6.45, 7) is 1.73. The Labute approximate surface area is 69.0 Å². The van der Waals surface area contributed by atoms with Gasteiger partial charge in [0, 0.05) is 0 Å². The zero-order valence-corrected chi connectivity index (χ0v) is 6.80. The van der Waals surface area contributed by atoms with Gasteiger partial charge in [0.1, 0.15) is 0 Å². The molecule has 0 saturated heterocycles. The van der Waals surface area contributed by atoms with E-state index < -0.39 is 24.8 Å². The van der Waals surface area contributed by atoms with Crippen molar-refractivity contribution in [2.45, 2.75) is 44.6 Å². The van der Waals surface area contributed by atoms with Crippen molar-refractivity contribution in [1.29, 1.82) is 0 Å². The largest absolute Gasteiger partial charge is 0.391 e. The van der Waals surface area contributed by atoms with Crippen LogP contribution in [-0.2, 0) is 0 Å². The zero-order chi connectivity index (χ0) is 9.78. The molecule has 0 spiro atoms.